The molecule has 0 heterocycles. The Morgan fingerprint density at radius 1 is 1.00 bits per heavy atom. The van der Waals surface area contributed by atoms with E-state index in [-0.39, 0.29) is 11.7 Å². The Bertz CT molecular complexity index is 391. The van der Waals surface area contributed by atoms with Crippen molar-refractivity contribution < 1.29 is 4.79 Å². The molecule has 24 heavy (non-hydrogen) atoms. The van der Waals surface area contributed by atoms with Crippen LogP contribution in [0.15, 0.2) is 24.3 Å². The third-order valence-corrected chi connectivity index (χ3v) is 4.37. The number of hydrogen-bond acceptors (Lipinski definition) is 2. The second-order valence-corrected chi connectivity index (χ2v) is 7.09. The lowest BCUT2D eigenvalue weighted by Gasteiger charge is -2.05. The van der Waals surface area contributed by atoms with Crippen LogP contribution < -0.4 is 0 Å². The molecule has 0 aliphatic rings. The van der Waals surface area contributed by atoms with Gasteiger partial charge in [-0.1, -0.05) is 95.7 Å². The van der Waals surface area contributed by atoms with Crippen LogP contribution in [0.4, 0.5) is 0 Å². The van der Waals surface area contributed by atoms with Gasteiger partial charge >= 0.3 is 0 Å². The van der Waals surface area contributed by atoms with Gasteiger partial charge in [0, 0.05) is 11.7 Å². The Kier molecular flexibility index (Phi) is 18.1. The first-order valence-electron chi connectivity index (χ1n) is 9.48. The number of aryl methyl sites for hydroxylation is 2. The lowest BCUT2D eigenvalue weighted by Crippen LogP contribution is -2.10. The van der Waals surface area contributed by atoms with Crippen LogP contribution >= 0.6 is 12.6 Å². The fraction of sp³-hybridized carbons (Fsp3) is 0.682. The van der Waals surface area contributed by atoms with Gasteiger partial charge in [0.05, 0.1) is 0 Å². The monoisotopic (exact) mass is 352 g/mol. The van der Waals surface area contributed by atoms with Crippen molar-refractivity contribution in [2.75, 3.05) is 5.75 Å². The molecule has 2 heteroatoms. The third kappa shape index (κ3) is 16.1. The van der Waals surface area contributed by atoms with Crippen molar-refractivity contribution in [2.24, 2.45) is 11.8 Å². The molecule has 1 unspecified atom stereocenters. The second-order valence-electron chi connectivity index (χ2n) is 6.77. The van der Waals surface area contributed by atoms with Crippen molar-refractivity contribution in [3.63, 3.8) is 0 Å². The normalized spacial score (nSPS) is 11.0. The van der Waals surface area contributed by atoms with Gasteiger partial charge in [-0.2, -0.15) is 12.6 Å². The fourth-order valence-electron chi connectivity index (χ4n) is 2.32. The van der Waals surface area contributed by atoms with E-state index in [9.17, 15) is 4.79 Å². The average Bonchev–Trinajstić information content (AvgIpc) is 2.55. The molecule has 0 fully saturated rings. The number of carbonyl (C=O) groups excluding carboxylic acids is 1. The molecule has 1 rings (SSSR count). The zero-order valence-electron chi connectivity index (χ0n) is 17.1. The van der Waals surface area contributed by atoms with Crippen molar-refractivity contribution in [2.45, 2.75) is 80.6 Å². The number of thiol groups is 1. The number of benzene rings is 1. The van der Waals surface area contributed by atoms with Gasteiger partial charge in [0.15, 0.2) is 0 Å². The highest BCUT2D eigenvalue weighted by Crippen LogP contribution is 2.10. The van der Waals surface area contributed by atoms with Crippen LogP contribution in [0.1, 0.15) is 77.8 Å². The first-order chi connectivity index (χ1) is 11.3. The first-order valence-corrected chi connectivity index (χ1v) is 10.1. The minimum Gasteiger partial charge on any atom is -0.298 e. The Hall–Kier alpha value is -0.760. The minimum absolute atomic E-state index is 0.201. The zero-order valence-corrected chi connectivity index (χ0v) is 18.0. The van der Waals surface area contributed by atoms with Gasteiger partial charge in [-0.05, 0) is 26.2 Å². The van der Waals surface area contributed by atoms with Gasteiger partial charge in [-0.15, -0.1) is 0 Å². The van der Waals surface area contributed by atoms with E-state index >= 15 is 0 Å². The number of carbonyl (C=O) groups is 1. The summed E-state index contributed by atoms with van der Waals surface area (Å²) in [6.45, 7) is 15.0. The molecule has 1 nitrogen and oxygen atoms in total. The summed E-state index contributed by atoms with van der Waals surface area (Å²) < 4.78 is 0. The Balaban J connectivity index is 0. The van der Waals surface area contributed by atoms with E-state index in [0.717, 1.165) is 12.3 Å². The molecule has 0 aromatic heterocycles. The molecule has 140 valence electrons. The summed E-state index contributed by atoms with van der Waals surface area (Å²) in [7, 11) is 0. The predicted octanol–water partition coefficient (Wildman–Crippen LogP) is 7.06. The quantitative estimate of drug-likeness (QED) is 0.520. The van der Waals surface area contributed by atoms with Gasteiger partial charge < -0.3 is 0 Å². The highest BCUT2D eigenvalue weighted by molar-refractivity contribution is 7.81. The summed E-state index contributed by atoms with van der Waals surface area (Å²) in [6.07, 6.45) is 6.45. The lowest BCUT2D eigenvalue weighted by molar-refractivity contribution is -0.119. The molecule has 0 radical (unpaired) electrons. The molecule has 0 saturated carbocycles. The largest absolute Gasteiger partial charge is 0.298 e. The maximum atomic E-state index is 10.7. The Labute approximate surface area is 157 Å². The standard InChI is InChI=1S/C8H10.C8H18.C6H12OS/c1-7-4-3-5-8(2)6-7;1-4-6-8(3)7-5-2;1-3-5(2)6(7)4-8/h3-6H,1-2H3;8H,4-7H2,1-3H3;5,8H,3-4H2,1-2H3. The van der Waals surface area contributed by atoms with Gasteiger partial charge in [-0.25, -0.2) is 0 Å². The second kappa shape index (κ2) is 17.1. The zero-order chi connectivity index (χ0) is 19.0. The SMILES string of the molecule is CCC(C)C(=O)CS.CCCC(C)CCC.Cc1cccc(C)c1. The Morgan fingerprint density at radius 3 is 1.67 bits per heavy atom. The molecule has 1 atom stereocenters. The van der Waals surface area contributed by atoms with Gasteiger partial charge in [0.2, 0.25) is 0 Å². The molecule has 1 aromatic rings. The van der Waals surface area contributed by atoms with Crippen molar-refractivity contribution in [3.8, 4) is 0 Å². The summed E-state index contributed by atoms with van der Waals surface area (Å²) >= 11 is 3.86. The van der Waals surface area contributed by atoms with E-state index in [0.29, 0.717) is 5.75 Å². The molecule has 0 N–H and O–H groups in total. The average molecular weight is 353 g/mol. The molecule has 1 aromatic carbocycles. The topological polar surface area (TPSA) is 17.1 Å². The summed E-state index contributed by atoms with van der Waals surface area (Å²) in [5.41, 5.74) is 2.68. The molecule has 0 spiro atoms. The van der Waals surface area contributed by atoms with Crippen LogP contribution in [-0.4, -0.2) is 11.5 Å². The summed E-state index contributed by atoms with van der Waals surface area (Å²) in [5.74, 6) is 1.79. The maximum absolute atomic E-state index is 10.7. The molecular formula is C22H40OS. The highest BCUT2D eigenvalue weighted by Gasteiger charge is 2.06. The predicted molar refractivity (Wildman–Crippen MR) is 113 cm³/mol. The number of ketones is 1. The molecule has 0 aliphatic heterocycles. The van der Waals surface area contributed by atoms with Crippen LogP contribution in [0.5, 0.6) is 0 Å². The van der Waals surface area contributed by atoms with Crippen LogP contribution in [0.25, 0.3) is 0 Å². The summed E-state index contributed by atoms with van der Waals surface area (Å²) in [5, 5.41) is 0. The van der Waals surface area contributed by atoms with Gasteiger partial charge in [0.1, 0.15) is 5.78 Å². The fourth-order valence-corrected chi connectivity index (χ4v) is 2.63. The Morgan fingerprint density at radius 2 is 1.46 bits per heavy atom. The van der Waals surface area contributed by atoms with E-state index in [1.54, 1.807) is 0 Å². The van der Waals surface area contributed by atoms with Crippen LogP contribution in [0, 0.1) is 25.7 Å². The van der Waals surface area contributed by atoms with Crippen molar-refractivity contribution >= 4 is 18.4 Å². The number of rotatable bonds is 7. The number of hydrogen-bond donors (Lipinski definition) is 1. The molecule has 0 bridgehead atoms. The lowest BCUT2D eigenvalue weighted by atomic mass is 10.0. The highest BCUT2D eigenvalue weighted by atomic mass is 32.1. The summed E-state index contributed by atoms with van der Waals surface area (Å²) in [6, 6.07) is 8.45. The van der Waals surface area contributed by atoms with Gasteiger partial charge in [-0.3, -0.25) is 4.79 Å². The molecule has 0 saturated heterocycles. The van der Waals surface area contributed by atoms with Crippen molar-refractivity contribution in [3.05, 3.63) is 35.4 Å². The smallest absolute Gasteiger partial charge is 0.145 e. The van der Waals surface area contributed by atoms with E-state index < -0.39 is 0 Å². The van der Waals surface area contributed by atoms with Crippen LogP contribution in [0.3, 0.4) is 0 Å². The molecular weight excluding hydrogens is 312 g/mol. The van der Waals surface area contributed by atoms with E-state index in [1.165, 1.54) is 36.8 Å². The molecule has 0 amide bonds. The van der Waals surface area contributed by atoms with Crippen LogP contribution in [-0.2, 0) is 4.79 Å². The first kappa shape index (κ1) is 25.5. The van der Waals surface area contributed by atoms with E-state index in [1.807, 2.05) is 13.8 Å². The van der Waals surface area contributed by atoms with E-state index in [4.69, 9.17) is 0 Å². The van der Waals surface area contributed by atoms with Crippen LogP contribution in [0.2, 0.25) is 0 Å². The maximum Gasteiger partial charge on any atom is 0.145 e. The van der Waals surface area contributed by atoms with E-state index in [2.05, 4.69) is 71.5 Å². The van der Waals surface area contributed by atoms with Crippen molar-refractivity contribution in [1.82, 2.24) is 0 Å². The summed E-state index contributed by atoms with van der Waals surface area (Å²) in [4.78, 5) is 10.7. The van der Waals surface area contributed by atoms with Gasteiger partial charge in [0.25, 0.3) is 0 Å². The van der Waals surface area contributed by atoms with Crippen molar-refractivity contribution in [1.29, 1.82) is 0 Å². The molecule has 0 aliphatic carbocycles. The minimum atomic E-state index is 0.201. The third-order valence-electron chi connectivity index (χ3n) is 4.05. The number of Topliss-reactive ketones (excluding diaryl/α,β-unsaturated/α-hetero) is 1.